The van der Waals surface area contributed by atoms with Crippen molar-refractivity contribution < 1.29 is 4.74 Å². The summed E-state index contributed by atoms with van der Waals surface area (Å²) in [4.78, 5) is 9.72. The van der Waals surface area contributed by atoms with Crippen LogP contribution in [0.1, 0.15) is 31.9 Å². The van der Waals surface area contributed by atoms with Crippen LogP contribution in [0.5, 0.6) is 0 Å². The van der Waals surface area contributed by atoms with E-state index in [2.05, 4.69) is 39.2 Å². The third-order valence-corrected chi connectivity index (χ3v) is 4.66. The molecule has 1 aliphatic heterocycles. The number of guanidine groups is 1. The monoisotopic (exact) mass is 365 g/mol. The van der Waals surface area contributed by atoms with E-state index in [0.717, 1.165) is 63.4 Å². The Hall–Kier alpha value is -1.67. The minimum Gasteiger partial charge on any atom is -0.385 e. The standard InChI is InChI=1S/C18H35N7O/c1-15(2)14-24-8-10-25(11-9-24)18(19-7-6-12-26-5)20-13-17-22-21-16(3)23(17)4/h15H,6-14H2,1-5H3,(H,19,20). The molecule has 8 nitrogen and oxygen atoms in total. The van der Waals surface area contributed by atoms with E-state index < -0.39 is 0 Å². The largest absolute Gasteiger partial charge is 0.385 e. The fourth-order valence-electron chi connectivity index (χ4n) is 3.08. The van der Waals surface area contributed by atoms with Gasteiger partial charge in [-0.2, -0.15) is 0 Å². The zero-order valence-electron chi connectivity index (χ0n) is 17.0. The fraction of sp³-hybridized carbons (Fsp3) is 0.833. The molecule has 0 bridgehead atoms. The minimum absolute atomic E-state index is 0.538. The quantitative estimate of drug-likeness (QED) is 0.419. The molecule has 2 heterocycles. The molecule has 2 rings (SSSR count). The van der Waals surface area contributed by atoms with E-state index in [-0.39, 0.29) is 0 Å². The van der Waals surface area contributed by atoms with E-state index in [1.807, 2.05) is 18.5 Å². The molecule has 1 aliphatic rings. The fourth-order valence-corrected chi connectivity index (χ4v) is 3.08. The van der Waals surface area contributed by atoms with Crippen LogP contribution in [-0.2, 0) is 18.3 Å². The van der Waals surface area contributed by atoms with E-state index in [0.29, 0.717) is 12.5 Å². The van der Waals surface area contributed by atoms with Crippen LogP contribution in [0.25, 0.3) is 0 Å². The average molecular weight is 366 g/mol. The van der Waals surface area contributed by atoms with Gasteiger partial charge in [0.2, 0.25) is 0 Å². The van der Waals surface area contributed by atoms with Crippen molar-refractivity contribution in [3.05, 3.63) is 11.6 Å². The molecule has 26 heavy (non-hydrogen) atoms. The molecule has 0 amide bonds. The van der Waals surface area contributed by atoms with E-state index in [9.17, 15) is 0 Å². The molecule has 0 atom stereocenters. The van der Waals surface area contributed by atoms with Gasteiger partial charge in [-0.15, -0.1) is 10.2 Å². The molecule has 1 fully saturated rings. The second-order valence-corrected chi connectivity index (χ2v) is 7.32. The van der Waals surface area contributed by atoms with E-state index in [1.54, 1.807) is 7.11 Å². The number of nitrogens with zero attached hydrogens (tertiary/aromatic N) is 6. The number of aromatic nitrogens is 3. The summed E-state index contributed by atoms with van der Waals surface area (Å²) in [7, 11) is 3.72. The van der Waals surface area contributed by atoms with E-state index in [1.165, 1.54) is 6.54 Å². The number of hydrogen-bond donors (Lipinski definition) is 1. The van der Waals surface area contributed by atoms with Crippen LogP contribution in [0.3, 0.4) is 0 Å². The number of piperazine rings is 1. The van der Waals surface area contributed by atoms with Gasteiger partial charge in [0.05, 0.1) is 0 Å². The van der Waals surface area contributed by atoms with E-state index in [4.69, 9.17) is 9.73 Å². The van der Waals surface area contributed by atoms with Gasteiger partial charge in [-0.1, -0.05) is 13.8 Å². The summed E-state index contributed by atoms with van der Waals surface area (Å²) in [5, 5.41) is 11.8. The first-order chi connectivity index (χ1) is 12.5. The van der Waals surface area contributed by atoms with Crippen LogP contribution in [0.15, 0.2) is 4.99 Å². The smallest absolute Gasteiger partial charge is 0.194 e. The zero-order valence-corrected chi connectivity index (χ0v) is 17.0. The highest BCUT2D eigenvalue weighted by atomic mass is 16.5. The predicted molar refractivity (Wildman–Crippen MR) is 104 cm³/mol. The van der Waals surface area contributed by atoms with Gasteiger partial charge in [-0.05, 0) is 19.3 Å². The first-order valence-corrected chi connectivity index (χ1v) is 9.60. The van der Waals surface area contributed by atoms with Crippen molar-refractivity contribution in [2.24, 2.45) is 18.0 Å². The number of ether oxygens (including phenoxy) is 1. The number of rotatable bonds is 8. The molecule has 1 aromatic rings. The van der Waals surface area contributed by atoms with Crippen LogP contribution >= 0.6 is 0 Å². The Bertz CT molecular complexity index is 562. The lowest BCUT2D eigenvalue weighted by Gasteiger charge is -2.37. The molecule has 0 radical (unpaired) electrons. The summed E-state index contributed by atoms with van der Waals surface area (Å²) in [6.07, 6.45) is 0.964. The van der Waals surface area contributed by atoms with Crippen LogP contribution in [0, 0.1) is 12.8 Å². The number of aliphatic imine (C=N–C) groups is 1. The van der Waals surface area contributed by atoms with Crippen molar-refractivity contribution in [3.8, 4) is 0 Å². The molecule has 0 aromatic carbocycles. The Morgan fingerprint density at radius 2 is 1.96 bits per heavy atom. The molecular weight excluding hydrogens is 330 g/mol. The second kappa shape index (κ2) is 10.5. The maximum atomic E-state index is 5.15. The molecular formula is C18H35N7O. The predicted octanol–water partition coefficient (Wildman–Crippen LogP) is 0.879. The molecule has 1 saturated heterocycles. The minimum atomic E-state index is 0.538. The lowest BCUT2D eigenvalue weighted by Crippen LogP contribution is -2.53. The maximum Gasteiger partial charge on any atom is 0.194 e. The Morgan fingerprint density at radius 1 is 1.23 bits per heavy atom. The van der Waals surface area contributed by atoms with Crippen molar-refractivity contribution in [3.63, 3.8) is 0 Å². The Balaban J connectivity index is 1.96. The van der Waals surface area contributed by atoms with Crippen molar-refractivity contribution in [2.75, 3.05) is 53.0 Å². The van der Waals surface area contributed by atoms with Gasteiger partial charge in [0.15, 0.2) is 11.8 Å². The molecule has 1 N–H and O–H groups in total. The van der Waals surface area contributed by atoms with Crippen molar-refractivity contribution in [1.29, 1.82) is 0 Å². The number of methoxy groups -OCH3 is 1. The highest BCUT2D eigenvalue weighted by Crippen LogP contribution is 2.07. The maximum absolute atomic E-state index is 5.15. The normalized spacial score (nSPS) is 16.5. The first-order valence-electron chi connectivity index (χ1n) is 9.60. The summed E-state index contributed by atoms with van der Waals surface area (Å²) < 4.78 is 7.14. The van der Waals surface area contributed by atoms with Crippen molar-refractivity contribution in [2.45, 2.75) is 33.7 Å². The average Bonchev–Trinajstić information content (AvgIpc) is 2.93. The molecule has 0 unspecified atom stereocenters. The first kappa shape index (κ1) is 20.6. The molecule has 0 spiro atoms. The SMILES string of the molecule is COCCCNC(=NCc1nnc(C)n1C)N1CCN(CC(C)C)CC1. The van der Waals surface area contributed by atoms with Crippen molar-refractivity contribution >= 4 is 5.96 Å². The highest BCUT2D eigenvalue weighted by molar-refractivity contribution is 5.80. The van der Waals surface area contributed by atoms with Gasteiger partial charge in [0, 0.05) is 60.0 Å². The van der Waals surface area contributed by atoms with Crippen molar-refractivity contribution in [1.82, 2.24) is 29.9 Å². The van der Waals surface area contributed by atoms with Gasteiger partial charge in [0.25, 0.3) is 0 Å². The molecule has 1 aromatic heterocycles. The molecule has 0 saturated carbocycles. The van der Waals surface area contributed by atoms with Crippen LogP contribution in [0.4, 0.5) is 0 Å². The number of hydrogen-bond acceptors (Lipinski definition) is 5. The molecule has 148 valence electrons. The van der Waals surface area contributed by atoms with Gasteiger partial charge >= 0.3 is 0 Å². The van der Waals surface area contributed by atoms with Crippen LogP contribution < -0.4 is 5.32 Å². The van der Waals surface area contributed by atoms with Gasteiger partial charge < -0.3 is 19.5 Å². The summed E-state index contributed by atoms with van der Waals surface area (Å²) >= 11 is 0. The van der Waals surface area contributed by atoms with Crippen LogP contribution in [0.2, 0.25) is 0 Å². The zero-order chi connectivity index (χ0) is 18.9. The Morgan fingerprint density at radius 3 is 2.54 bits per heavy atom. The second-order valence-electron chi connectivity index (χ2n) is 7.32. The highest BCUT2D eigenvalue weighted by Gasteiger charge is 2.20. The summed E-state index contributed by atoms with van der Waals surface area (Å²) in [6.45, 7) is 14.0. The van der Waals surface area contributed by atoms with Gasteiger partial charge in [-0.3, -0.25) is 4.90 Å². The van der Waals surface area contributed by atoms with E-state index >= 15 is 0 Å². The lowest BCUT2D eigenvalue weighted by atomic mass is 10.2. The topological polar surface area (TPSA) is 70.8 Å². The Labute approximate surface area is 157 Å². The summed E-state index contributed by atoms with van der Waals surface area (Å²) in [6, 6.07) is 0. The Kier molecular flexibility index (Phi) is 8.31. The number of aryl methyl sites for hydroxylation is 1. The summed E-state index contributed by atoms with van der Waals surface area (Å²) in [5.41, 5.74) is 0. The number of nitrogens with one attached hydrogen (secondary N) is 1. The van der Waals surface area contributed by atoms with Crippen LogP contribution in [-0.4, -0.2) is 83.5 Å². The van der Waals surface area contributed by atoms with Gasteiger partial charge in [0.1, 0.15) is 12.4 Å². The third-order valence-electron chi connectivity index (χ3n) is 4.66. The van der Waals surface area contributed by atoms with Gasteiger partial charge in [-0.25, -0.2) is 4.99 Å². The molecule has 0 aliphatic carbocycles. The third kappa shape index (κ3) is 6.25. The lowest BCUT2D eigenvalue weighted by molar-refractivity contribution is 0.163. The summed E-state index contributed by atoms with van der Waals surface area (Å²) in [5.74, 6) is 3.47. The molecule has 8 heteroatoms.